The van der Waals surface area contributed by atoms with Crippen LogP contribution in [0.2, 0.25) is 0 Å². The molecule has 4 N–H and O–H groups in total. The predicted molar refractivity (Wildman–Crippen MR) is 162 cm³/mol. The van der Waals surface area contributed by atoms with Gasteiger partial charge in [-0.25, -0.2) is 24.4 Å². The van der Waals surface area contributed by atoms with Gasteiger partial charge in [0.05, 0.1) is 29.8 Å². The third-order valence-electron chi connectivity index (χ3n) is 6.83. The lowest BCUT2D eigenvalue weighted by Crippen LogP contribution is -2.30. The van der Waals surface area contributed by atoms with Crippen LogP contribution in [-0.2, 0) is 16.0 Å². The van der Waals surface area contributed by atoms with Crippen molar-refractivity contribution >= 4 is 34.6 Å². The highest BCUT2D eigenvalue weighted by molar-refractivity contribution is 5.93. The van der Waals surface area contributed by atoms with Crippen LogP contribution >= 0.6 is 0 Å². The Morgan fingerprint density at radius 1 is 0.898 bits per heavy atom. The number of aromatic carboxylic acids is 1. The molecule has 2 aromatic heterocycles. The van der Waals surface area contributed by atoms with Gasteiger partial charge in [-0.2, -0.15) is 31.4 Å². The van der Waals surface area contributed by atoms with E-state index in [0.717, 1.165) is 52.3 Å². The number of carbonyl (C=O) groups is 3. The second kappa shape index (κ2) is 15.6. The SMILES string of the molecule is CN(C)CCN(C)c1nc(C2COc3ccc(C(=O)O)cc3C2)nc2ccc(-c3cn[nH]c3)cc12.O=C(O)C(F)(F)F.O=C(O)C(F)(F)F. The molecule has 0 aliphatic carbocycles. The highest BCUT2D eigenvalue weighted by Crippen LogP contribution is 2.35. The van der Waals surface area contributed by atoms with E-state index < -0.39 is 30.3 Å². The number of hydrogen-bond acceptors (Lipinski definition) is 9. The number of benzene rings is 2. The Morgan fingerprint density at radius 2 is 1.53 bits per heavy atom. The van der Waals surface area contributed by atoms with Crippen LogP contribution in [0.1, 0.15) is 27.7 Å². The first-order valence-electron chi connectivity index (χ1n) is 14.0. The van der Waals surface area contributed by atoms with Crippen molar-refractivity contribution in [3.63, 3.8) is 0 Å². The second-order valence-electron chi connectivity index (χ2n) is 10.8. The summed E-state index contributed by atoms with van der Waals surface area (Å²) >= 11 is 0. The van der Waals surface area contributed by atoms with E-state index in [2.05, 4.69) is 40.2 Å². The number of ether oxygens (including phenoxy) is 1. The summed E-state index contributed by atoms with van der Waals surface area (Å²) in [6.45, 7) is 2.13. The van der Waals surface area contributed by atoms with Crippen molar-refractivity contribution in [2.45, 2.75) is 24.7 Å². The molecule has 3 heterocycles. The molecule has 4 aromatic rings. The van der Waals surface area contributed by atoms with E-state index in [1.165, 1.54) is 0 Å². The minimum Gasteiger partial charge on any atom is -0.493 e. The van der Waals surface area contributed by atoms with E-state index >= 15 is 0 Å². The molecule has 19 heteroatoms. The first kappa shape index (κ1) is 38.0. The van der Waals surface area contributed by atoms with Crippen molar-refractivity contribution in [2.24, 2.45) is 0 Å². The monoisotopic (exact) mass is 700 g/mol. The van der Waals surface area contributed by atoms with Gasteiger partial charge in [0.2, 0.25) is 0 Å². The third kappa shape index (κ3) is 10.5. The maximum atomic E-state index is 11.4. The average molecular weight is 701 g/mol. The Hall–Kier alpha value is -5.46. The summed E-state index contributed by atoms with van der Waals surface area (Å²) in [6.07, 6.45) is -5.88. The van der Waals surface area contributed by atoms with Crippen LogP contribution in [0.5, 0.6) is 5.75 Å². The molecule has 0 saturated carbocycles. The normalized spacial score (nSPS) is 14.0. The maximum absolute atomic E-state index is 11.4. The standard InChI is InChI=1S/C26H28N6O3.2C2HF3O2/c1-31(2)8-9-32(3)25-21-12-16(20-13-27-28-14-20)4-6-22(21)29-24(30-25)19-11-18-10-17(26(33)34)5-7-23(18)35-15-19;2*3-2(4,5)1(6)7/h4-7,10,12-14,19H,8-9,11,15H2,1-3H3,(H,27,28)(H,33,34);2*(H,6,7). The van der Waals surface area contributed by atoms with Crippen LogP contribution in [0.25, 0.3) is 22.0 Å². The number of aromatic nitrogens is 4. The molecule has 1 aliphatic rings. The van der Waals surface area contributed by atoms with E-state index in [9.17, 15) is 36.2 Å². The molecule has 1 aliphatic heterocycles. The fraction of sp³-hybridized carbons (Fsp3) is 0.333. The number of carboxylic acids is 3. The number of hydrogen-bond donors (Lipinski definition) is 4. The van der Waals surface area contributed by atoms with Crippen molar-refractivity contribution in [2.75, 3.05) is 45.7 Å². The summed E-state index contributed by atoms with van der Waals surface area (Å²) in [6, 6.07) is 11.2. The zero-order valence-electron chi connectivity index (χ0n) is 26.0. The predicted octanol–water partition coefficient (Wildman–Crippen LogP) is 4.70. The van der Waals surface area contributed by atoms with Gasteiger partial charge in [-0.1, -0.05) is 6.07 Å². The minimum atomic E-state index is -5.08. The fourth-order valence-electron chi connectivity index (χ4n) is 4.34. The van der Waals surface area contributed by atoms with E-state index in [-0.39, 0.29) is 11.5 Å². The second-order valence-corrected chi connectivity index (χ2v) is 10.8. The summed E-state index contributed by atoms with van der Waals surface area (Å²) in [4.78, 5) is 43.5. The van der Waals surface area contributed by atoms with Gasteiger partial charge >= 0.3 is 30.3 Å². The maximum Gasteiger partial charge on any atom is 0.490 e. The number of fused-ring (bicyclic) bond motifs is 2. The largest absolute Gasteiger partial charge is 0.493 e. The lowest BCUT2D eigenvalue weighted by Gasteiger charge is -2.27. The number of rotatable bonds is 7. The van der Waals surface area contributed by atoms with Crippen molar-refractivity contribution in [3.8, 4) is 16.9 Å². The molecule has 264 valence electrons. The highest BCUT2D eigenvalue weighted by atomic mass is 19.4. The molecule has 0 radical (unpaired) electrons. The summed E-state index contributed by atoms with van der Waals surface area (Å²) in [5.41, 5.74) is 4.02. The quantitative estimate of drug-likeness (QED) is 0.195. The molecule has 0 fully saturated rings. The van der Waals surface area contributed by atoms with Crippen LogP contribution in [0.3, 0.4) is 0 Å². The number of carboxylic acid groups (broad SMARTS) is 3. The topological polar surface area (TPSA) is 182 Å². The number of likely N-dealkylation sites (N-methyl/N-ethyl adjacent to an activating group) is 2. The molecule has 1 atom stereocenters. The van der Waals surface area contributed by atoms with Crippen molar-refractivity contribution < 1.29 is 60.8 Å². The van der Waals surface area contributed by atoms with Gasteiger partial charge < -0.3 is 29.9 Å². The first-order valence-corrected chi connectivity index (χ1v) is 14.0. The van der Waals surface area contributed by atoms with Crippen LogP contribution in [0.4, 0.5) is 32.2 Å². The number of aliphatic carboxylic acids is 2. The number of aromatic amines is 1. The number of nitrogens with zero attached hydrogens (tertiary/aromatic N) is 5. The zero-order chi connectivity index (χ0) is 36.7. The molecule has 49 heavy (non-hydrogen) atoms. The van der Waals surface area contributed by atoms with E-state index in [1.54, 1.807) is 24.4 Å². The van der Waals surface area contributed by atoms with Crippen LogP contribution in [0.15, 0.2) is 48.8 Å². The number of anilines is 1. The summed E-state index contributed by atoms with van der Waals surface area (Å²) in [5.74, 6) is -4.25. The number of nitrogens with one attached hydrogen (secondary N) is 1. The number of alkyl halides is 6. The van der Waals surface area contributed by atoms with Crippen LogP contribution in [-0.4, -0.2) is 111 Å². The molecule has 2 aromatic carbocycles. The Labute approximate surface area is 273 Å². The van der Waals surface area contributed by atoms with Gasteiger partial charge in [-0.3, -0.25) is 5.10 Å². The molecule has 1 unspecified atom stereocenters. The lowest BCUT2D eigenvalue weighted by molar-refractivity contribution is -0.193. The summed E-state index contributed by atoms with van der Waals surface area (Å²) in [5, 5.41) is 31.5. The molecule has 0 saturated heterocycles. The van der Waals surface area contributed by atoms with Gasteiger partial charge in [0, 0.05) is 37.3 Å². The van der Waals surface area contributed by atoms with Gasteiger partial charge in [0.25, 0.3) is 0 Å². The van der Waals surface area contributed by atoms with E-state index in [0.29, 0.717) is 18.9 Å². The minimum absolute atomic E-state index is 0.0782. The molecule has 0 bridgehead atoms. The fourth-order valence-corrected chi connectivity index (χ4v) is 4.34. The van der Waals surface area contributed by atoms with Crippen molar-refractivity contribution in [1.82, 2.24) is 25.1 Å². The Bertz CT molecular complexity index is 1760. The Balaban J connectivity index is 0.000000392. The van der Waals surface area contributed by atoms with Crippen molar-refractivity contribution in [1.29, 1.82) is 0 Å². The molecular formula is C30H30F6N6O7. The average Bonchev–Trinajstić information content (AvgIpc) is 3.57. The van der Waals surface area contributed by atoms with Crippen LogP contribution < -0.4 is 9.64 Å². The van der Waals surface area contributed by atoms with Crippen molar-refractivity contribution in [3.05, 3.63) is 65.7 Å². The number of H-pyrrole nitrogens is 1. The first-order chi connectivity index (χ1) is 22.8. The van der Waals surface area contributed by atoms with Crippen LogP contribution in [0, 0.1) is 0 Å². The lowest BCUT2D eigenvalue weighted by atomic mass is 9.94. The smallest absolute Gasteiger partial charge is 0.490 e. The molecule has 13 nitrogen and oxygen atoms in total. The van der Waals surface area contributed by atoms with E-state index in [1.807, 2.05) is 25.4 Å². The number of halogens is 6. The van der Waals surface area contributed by atoms with Gasteiger partial charge in [-0.15, -0.1) is 0 Å². The van der Waals surface area contributed by atoms with Gasteiger partial charge in [-0.05, 0) is 62.0 Å². The van der Waals surface area contributed by atoms with E-state index in [4.69, 9.17) is 34.5 Å². The Morgan fingerprint density at radius 3 is 2.06 bits per heavy atom. The third-order valence-corrected chi connectivity index (χ3v) is 6.83. The molecule has 0 spiro atoms. The van der Waals surface area contributed by atoms with Gasteiger partial charge in [0.15, 0.2) is 0 Å². The highest BCUT2D eigenvalue weighted by Gasteiger charge is 2.39. The molecule has 5 rings (SSSR count). The zero-order valence-corrected chi connectivity index (χ0v) is 26.0. The Kier molecular flexibility index (Phi) is 12.1. The summed E-state index contributed by atoms with van der Waals surface area (Å²) < 4.78 is 69.5. The molecule has 0 amide bonds. The molecular weight excluding hydrogens is 670 g/mol. The van der Waals surface area contributed by atoms with Gasteiger partial charge in [0.1, 0.15) is 17.4 Å². The summed E-state index contributed by atoms with van der Waals surface area (Å²) in [7, 11) is 6.15.